The van der Waals surface area contributed by atoms with Crippen molar-refractivity contribution in [3.8, 4) is 0 Å². The Labute approximate surface area is 167 Å². The average molecular weight is 397 g/mol. The van der Waals surface area contributed by atoms with Gasteiger partial charge >= 0.3 is 5.97 Å². The van der Waals surface area contributed by atoms with Gasteiger partial charge in [-0.15, -0.1) is 0 Å². The number of Topliss-reactive ketones (excluding diaryl/α,β-unsaturated/α-hetero) is 1. The molecule has 1 heterocycles. The first-order chi connectivity index (χ1) is 13.8. The van der Waals surface area contributed by atoms with Crippen LogP contribution >= 0.6 is 0 Å². The molecule has 6 nitrogen and oxygen atoms in total. The maximum Gasteiger partial charge on any atom is 0.338 e. The van der Waals surface area contributed by atoms with Crippen LogP contribution < -0.4 is 0 Å². The molecule has 7 heteroatoms. The lowest BCUT2D eigenvalue weighted by Crippen LogP contribution is -2.31. The number of halogens is 1. The van der Waals surface area contributed by atoms with Gasteiger partial charge in [-0.1, -0.05) is 13.8 Å². The summed E-state index contributed by atoms with van der Waals surface area (Å²) >= 11 is 0. The van der Waals surface area contributed by atoms with Crippen LogP contribution in [0.5, 0.6) is 0 Å². The summed E-state index contributed by atoms with van der Waals surface area (Å²) in [5.74, 6) is -2.23. The zero-order valence-electron chi connectivity index (χ0n) is 16.1. The summed E-state index contributed by atoms with van der Waals surface area (Å²) in [4.78, 5) is 50.4. The van der Waals surface area contributed by atoms with E-state index in [0.29, 0.717) is 18.9 Å². The Bertz CT molecular complexity index is 981. The minimum Gasteiger partial charge on any atom is -0.454 e. The molecule has 0 saturated heterocycles. The molecule has 0 aliphatic carbocycles. The summed E-state index contributed by atoms with van der Waals surface area (Å²) in [6.07, 6.45) is 0.686. The molecule has 1 aliphatic rings. The summed E-state index contributed by atoms with van der Waals surface area (Å²) in [5, 5.41) is 0. The fourth-order valence-corrected chi connectivity index (χ4v) is 2.94. The van der Waals surface area contributed by atoms with Crippen LogP contribution in [0.3, 0.4) is 0 Å². The van der Waals surface area contributed by atoms with Gasteiger partial charge in [0.15, 0.2) is 12.4 Å². The zero-order chi connectivity index (χ0) is 21.1. The summed E-state index contributed by atoms with van der Waals surface area (Å²) in [6.45, 7) is 3.80. The molecule has 0 fully saturated rings. The Morgan fingerprint density at radius 2 is 1.59 bits per heavy atom. The fourth-order valence-electron chi connectivity index (χ4n) is 2.94. The number of nitrogens with zero attached hydrogens (tertiary/aromatic N) is 1. The summed E-state index contributed by atoms with van der Waals surface area (Å²) in [7, 11) is 0. The Morgan fingerprint density at radius 1 is 0.966 bits per heavy atom. The number of rotatable bonds is 7. The van der Waals surface area contributed by atoms with Gasteiger partial charge in [0.2, 0.25) is 0 Å². The van der Waals surface area contributed by atoms with E-state index in [1.807, 2.05) is 13.8 Å². The van der Waals surface area contributed by atoms with Crippen molar-refractivity contribution in [2.45, 2.75) is 20.3 Å². The number of amides is 2. The van der Waals surface area contributed by atoms with Gasteiger partial charge in [-0.25, -0.2) is 9.18 Å². The molecule has 0 N–H and O–H groups in total. The number of hydrogen-bond acceptors (Lipinski definition) is 5. The van der Waals surface area contributed by atoms with E-state index in [-0.39, 0.29) is 28.2 Å². The van der Waals surface area contributed by atoms with Crippen molar-refractivity contribution in [2.75, 3.05) is 13.2 Å². The van der Waals surface area contributed by atoms with Gasteiger partial charge in [-0.05, 0) is 54.8 Å². The molecule has 2 aromatic rings. The highest BCUT2D eigenvalue weighted by atomic mass is 19.1. The number of hydrogen-bond donors (Lipinski definition) is 0. The molecule has 0 saturated carbocycles. The third-order valence-electron chi connectivity index (χ3n) is 4.64. The lowest BCUT2D eigenvalue weighted by atomic mass is 10.1. The molecule has 3 rings (SSSR count). The molecule has 0 radical (unpaired) electrons. The van der Waals surface area contributed by atoms with Gasteiger partial charge in [0, 0.05) is 12.1 Å². The van der Waals surface area contributed by atoms with Gasteiger partial charge < -0.3 is 4.74 Å². The van der Waals surface area contributed by atoms with Gasteiger partial charge in [-0.3, -0.25) is 19.3 Å². The predicted octanol–water partition coefficient (Wildman–Crippen LogP) is 3.51. The van der Waals surface area contributed by atoms with Crippen molar-refractivity contribution < 1.29 is 28.3 Å². The lowest BCUT2D eigenvalue weighted by Gasteiger charge is -2.14. The molecule has 2 aromatic carbocycles. The van der Waals surface area contributed by atoms with Crippen LogP contribution in [0, 0.1) is 11.7 Å². The molecule has 29 heavy (non-hydrogen) atoms. The number of carbonyl (C=O) groups excluding carboxylic acids is 4. The first kappa shape index (κ1) is 20.4. The smallest absolute Gasteiger partial charge is 0.338 e. The highest BCUT2D eigenvalue weighted by Gasteiger charge is 2.35. The molecule has 2 amide bonds. The number of imide groups is 1. The average Bonchev–Trinajstić information content (AvgIpc) is 2.94. The van der Waals surface area contributed by atoms with Crippen LogP contribution in [-0.2, 0) is 4.74 Å². The van der Waals surface area contributed by atoms with Gasteiger partial charge in [0.25, 0.3) is 11.8 Å². The Morgan fingerprint density at radius 3 is 2.24 bits per heavy atom. The van der Waals surface area contributed by atoms with Crippen molar-refractivity contribution in [1.82, 2.24) is 4.90 Å². The quantitative estimate of drug-likeness (QED) is 0.406. The van der Waals surface area contributed by atoms with E-state index in [2.05, 4.69) is 0 Å². The standard InChI is InChI=1S/C22H20FNO5/c1-13(2)9-10-24-20(26)17-8-5-15(11-18(17)21(24)27)22(28)29-12-19(25)14-3-6-16(23)7-4-14/h3-8,11,13H,9-10,12H2,1-2H3. The van der Waals surface area contributed by atoms with E-state index in [9.17, 15) is 23.6 Å². The van der Waals surface area contributed by atoms with E-state index >= 15 is 0 Å². The van der Waals surface area contributed by atoms with Crippen molar-refractivity contribution in [2.24, 2.45) is 5.92 Å². The van der Waals surface area contributed by atoms with Crippen molar-refractivity contribution in [3.63, 3.8) is 0 Å². The van der Waals surface area contributed by atoms with E-state index in [0.717, 1.165) is 12.1 Å². The third kappa shape index (κ3) is 4.39. The first-order valence-electron chi connectivity index (χ1n) is 9.24. The Balaban J connectivity index is 1.68. The second-order valence-electron chi connectivity index (χ2n) is 7.21. The molecular formula is C22H20FNO5. The van der Waals surface area contributed by atoms with Crippen LogP contribution in [0.1, 0.15) is 61.7 Å². The number of ether oxygens (including phenoxy) is 1. The van der Waals surface area contributed by atoms with Crippen LogP contribution in [0.25, 0.3) is 0 Å². The predicted molar refractivity (Wildman–Crippen MR) is 102 cm³/mol. The molecule has 0 atom stereocenters. The third-order valence-corrected chi connectivity index (χ3v) is 4.64. The monoisotopic (exact) mass is 397 g/mol. The second-order valence-corrected chi connectivity index (χ2v) is 7.21. The van der Waals surface area contributed by atoms with Gasteiger partial charge in [0.05, 0.1) is 16.7 Å². The van der Waals surface area contributed by atoms with Crippen molar-refractivity contribution in [3.05, 3.63) is 70.5 Å². The maximum atomic E-state index is 12.9. The Kier molecular flexibility index (Phi) is 5.87. The second kappa shape index (κ2) is 8.34. The lowest BCUT2D eigenvalue weighted by molar-refractivity contribution is 0.0474. The zero-order valence-corrected chi connectivity index (χ0v) is 16.1. The summed E-state index contributed by atoms with van der Waals surface area (Å²) in [5.41, 5.74) is 0.688. The van der Waals surface area contributed by atoms with Gasteiger partial charge in [-0.2, -0.15) is 0 Å². The molecule has 0 bridgehead atoms. The number of benzene rings is 2. The van der Waals surface area contributed by atoms with Crippen LogP contribution in [-0.4, -0.2) is 41.6 Å². The molecule has 0 aromatic heterocycles. The van der Waals surface area contributed by atoms with Crippen molar-refractivity contribution in [1.29, 1.82) is 0 Å². The Hall–Kier alpha value is -3.35. The molecule has 150 valence electrons. The topological polar surface area (TPSA) is 80.8 Å². The minimum absolute atomic E-state index is 0.0718. The van der Waals surface area contributed by atoms with Crippen molar-refractivity contribution >= 4 is 23.6 Å². The number of esters is 1. The van der Waals surface area contributed by atoms with Crippen LogP contribution in [0.2, 0.25) is 0 Å². The van der Waals surface area contributed by atoms with E-state index in [1.165, 1.54) is 35.2 Å². The van der Waals surface area contributed by atoms with E-state index in [4.69, 9.17) is 4.74 Å². The summed E-state index contributed by atoms with van der Waals surface area (Å²) in [6, 6.07) is 9.01. The normalized spacial score (nSPS) is 13.0. The number of fused-ring (bicyclic) bond motifs is 1. The molecule has 1 aliphatic heterocycles. The number of ketones is 1. The van der Waals surface area contributed by atoms with E-state index in [1.54, 1.807) is 0 Å². The largest absolute Gasteiger partial charge is 0.454 e. The van der Waals surface area contributed by atoms with Gasteiger partial charge in [0.1, 0.15) is 5.82 Å². The fraction of sp³-hybridized carbons (Fsp3) is 0.273. The molecule has 0 spiro atoms. The van der Waals surface area contributed by atoms with Crippen LogP contribution in [0.15, 0.2) is 42.5 Å². The minimum atomic E-state index is -0.788. The maximum absolute atomic E-state index is 12.9. The van der Waals surface area contributed by atoms with E-state index < -0.39 is 30.1 Å². The SMILES string of the molecule is CC(C)CCN1C(=O)c2ccc(C(=O)OCC(=O)c3ccc(F)cc3)cc2C1=O. The molecular weight excluding hydrogens is 377 g/mol. The first-order valence-corrected chi connectivity index (χ1v) is 9.24. The number of carbonyl (C=O) groups is 4. The van der Waals surface area contributed by atoms with Crippen LogP contribution in [0.4, 0.5) is 4.39 Å². The highest BCUT2D eigenvalue weighted by molar-refractivity contribution is 6.22. The molecule has 0 unspecified atom stereocenters. The summed E-state index contributed by atoms with van der Waals surface area (Å²) < 4.78 is 17.9. The highest BCUT2D eigenvalue weighted by Crippen LogP contribution is 2.25.